The first kappa shape index (κ1) is 46.6. The summed E-state index contributed by atoms with van der Waals surface area (Å²) in [5, 5.41) is 6.58. The van der Waals surface area contributed by atoms with Gasteiger partial charge in [0.15, 0.2) is 0 Å². The van der Waals surface area contributed by atoms with E-state index in [1.165, 1.54) is 44.7 Å². The molecule has 6 rings (SSSR count). The molecular weight excluding hydrogens is 693 g/mol. The molecule has 0 radical (unpaired) electrons. The molecule has 4 nitrogen and oxygen atoms in total. The van der Waals surface area contributed by atoms with Gasteiger partial charge in [0.05, 0.1) is 0 Å². The maximum absolute atomic E-state index is 5.43. The van der Waals surface area contributed by atoms with E-state index >= 15 is 0 Å². The monoisotopic (exact) mass is 757 g/mol. The fourth-order valence-electron chi connectivity index (χ4n) is 5.44. The van der Waals surface area contributed by atoms with Crippen molar-refractivity contribution in [2.75, 3.05) is 23.4 Å². The second-order valence-electron chi connectivity index (χ2n) is 12.9. The van der Waals surface area contributed by atoms with E-state index in [0.29, 0.717) is 0 Å². The van der Waals surface area contributed by atoms with Crippen LogP contribution in [0.25, 0.3) is 16.7 Å². The molecule has 1 aliphatic rings. The molecule has 6 N–H and O–H groups in total. The average Bonchev–Trinajstić information content (AvgIpc) is 3.26. The lowest BCUT2D eigenvalue weighted by Gasteiger charge is -2.18. The summed E-state index contributed by atoms with van der Waals surface area (Å²) in [4.78, 5) is 0. The van der Waals surface area contributed by atoms with Gasteiger partial charge in [0, 0.05) is 35.4 Å². The Morgan fingerprint density at radius 3 is 1.91 bits per heavy atom. The molecule has 0 amide bonds. The van der Waals surface area contributed by atoms with Crippen molar-refractivity contribution in [1.29, 1.82) is 0 Å². The molecule has 1 aliphatic carbocycles. The van der Waals surface area contributed by atoms with Crippen LogP contribution in [0.2, 0.25) is 0 Å². The van der Waals surface area contributed by atoms with Crippen molar-refractivity contribution in [3.63, 3.8) is 0 Å². The average molecular weight is 757 g/mol. The van der Waals surface area contributed by atoms with Crippen molar-refractivity contribution in [3.05, 3.63) is 228 Å². The third kappa shape index (κ3) is 18.1. The van der Waals surface area contributed by atoms with Gasteiger partial charge in [-0.1, -0.05) is 166 Å². The second-order valence-corrected chi connectivity index (χ2v) is 12.9. The van der Waals surface area contributed by atoms with E-state index in [2.05, 4.69) is 122 Å². The van der Waals surface area contributed by atoms with Crippen LogP contribution in [-0.2, 0) is 0 Å². The van der Waals surface area contributed by atoms with Crippen LogP contribution in [0.4, 0.5) is 17.1 Å². The summed E-state index contributed by atoms with van der Waals surface area (Å²) in [6, 6.07) is 45.2. The van der Waals surface area contributed by atoms with Crippen molar-refractivity contribution in [2.45, 2.75) is 54.4 Å². The third-order valence-electron chi connectivity index (χ3n) is 8.53. The number of nitrogen functional groups attached to an aromatic ring is 1. The highest BCUT2D eigenvalue weighted by molar-refractivity contribution is 5.72. The van der Waals surface area contributed by atoms with Crippen molar-refractivity contribution < 1.29 is 0 Å². The molecule has 5 aromatic carbocycles. The number of hydrogen-bond donors (Lipinski definition) is 4. The Morgan fingerprint density at radius 1 is 0.702 bits per heavy atom. The first-order valence-corrected chi connectivity index (χ1v) is 19.7. The zero-order valence-corrected chi connectivity index (χ0v) is 35.2. The van der Waals surface area contributed by atoms with Crippen molar-refractivity contribution in [2.24, 2.45) is 5.73 Å². The van der Waals surface area contributed by atoms with Gasteiger partial charge in [-0.05, 0) is 123 Å². The van der Waals surface area contributed by atoms with Crippen LogP contribution in [0.3, 0.4) is 0 Å². The molecule has 0 bridgehead atoms. The minimum absolute atomic E-state index is 0.829. The molecule has 0 unspecified atom stereocenters. The van der Waals surface area contributed by atoms with Crippen molar-refractivity contribution >= 4 is 22.6 Å². The lowest BCUT2D eigenvalue weighted by Crippen LogP contribution is -2.06. The van der Waals surface area contributed by atoms with Gasteiger partial charge in [-0.15, -0.1) is 0 Å². The third-order valence-corrected chi connectivity index (χ3v) is 8.53. The van der Waals surface area contributed by atoms with E-state index < -0.39 is 0 Å². The number of anilines is 3. The van der Waals surface area contributed by atoms with Crippen LogP contribution < -0.4 is 22.1 Å². The highest BCUT2D eigenvalue weighted by atomic mass is 14.9. The van der Waals surface area contributed by atoms with Crippen LogP contribution >= 0.6 is 0 Å². The van der Waals surface area contributed by atoms with Crippen LogP contribution in [0, 0.1) is 13.8 Å². The molecule has 0 heterocycles. The molecule has 0 atom stereocenters. The van der Waals surface area contributed by atoms with Gasteiger partial charge in [-0.2, -0.15) is 0 Å². The minimum Gasteiger partial charge on any atom is -0.405 e. The van der Waals surface area contributed by atoms with Crippen molar-refractivity contribution in [1.82, 2.24) is 0 Å². The molecule has 0 aliphatic heterocycles. The quantitative estimate of drug-likeness (QED) is 0.0892. The van der Waals surface area contributed by atoms with Gasteiger partial charge < -0.3 is 22.1 Å². The fraction of sp³-hybridized carbons (Fsp3) is 0.170. The maximum Gasteiger partial charge on any atom is 0.0420 e. The van der Waals surface area contributed by atoms with E-state index in [-0.39, 0.29) is 0 Å². The Kier molecular flexibility index (Phi) is 22.9. The maximum atomic E-state index is 5.43. The van der Waals surface area contributed by atoms with E-state index in [4.69, 9.17) is 11.5 Å². The summed E-state index contributed by atoms with van der Waals surface area (Å²) >= 11 is 0. The first-order valence-electron chi connectivity index (χ1n) is 19.7. The zero-order valence-electron chi connectivity index (χ0n) is 35.2. The van der Waals surface area contributed by atoms with E-state index in [9.17, 15) is 0 Å². The highest BCUT2D eigenvalue weighted by Crippen LogP contribution is 2.27. The molecule has 0 fully saturated rings. The summed E-state index contributed by atoms with van der Waals surface area (Å²) < 4.78 is 0. The Labute approximate surface area is 344 Å². The number of para-hydroxylation sites is 2. The molecule has 296 valence electrons. The minimum atomic E-state index is 0.829. The number of nitrogens with one attached hydrogen (secondary N) is 2. The molecule has 4 heteroatoms. The fourth-order valence-corrected chi connectivity index (χ4v) is 5.44. The Balaban J connectivity index is 0.000000275. The lowest BCUT2D eigenvalue weighted by atomic mass is 9.96. The Morgan fingerprint density at radius 2 is 1.32 bits per heavy atom. The largest absolute Gasteiger partial charge is 0.405 e. The summed E-state index contributed by atoms with van der Waals surface area (Å²) in [6.45, 7) is 16.4. The van der Waals surface area contributed by atoms with E-state index in [0.717, 1.165) is 35.5 Å². The highest BCUT2D eigenvalue weighted by Gasteiger charge is 2.10. The topological polar surface area (TPSA) is 76.1 Å². The number of aryl methyl sites for hydroxylation is 2. The molecule has 0 saturated heterocycles. The van der Waals surface area contributed by atoms with Gasteiger partial charge in [-0.25, -0.2) is 0 Å². The summed E-state index contributed by atoms with van der Waals surface area (Å²) in [5.41, 5.74) is 24.7. The standard InChI is InChI=1S/C19H21N.C17H17N.C8H11N.C7H9N.C2H6/c1-3-4-6-11-16(2)18-14-9-10-15-19(18)20-17-12-7-5-8-13-17;1-14(7-6-12-18)16-10-5-11-17(13-16)15-8-3-2-4-9-15;1-7-5-3-4-6-8(7)9-2;1-6-2-4-7(8)5-3-6;1-2/h3-8,11-15,20H,2,9-10H2,1H3;2-13H,18H2,1H3;3-6,9H,1-2H3;2-5H,8H2,1H3;1-2H3/b4-3-,11-6-;12-6-,14-7+;;;. The number of benzene rings is 5. The summed E-state index contributed by atoms with van der Waals surface area (Å²) in [5.74, 6) is 0. The van der Waals surface area contributed by atoms with Gasteiger partial charge in [0.25, 0.3) is 0 Å². The van der Waals surface area contributed by atoms with Gasteiger partial charge >= 0.3 is 0 Å². The number of allylic oxidation sites excluding steroid dienone is 10. The van der Waals surface area contributed by atoms with Gasteiger partial charge in [0.1, 0.15) is 0 Å². The normalized spacial score (nSPS) is 11.9. The SMILES string of the molecule is C/C(=C\C=C/N)c1cccc(-c2ccccc2)c1.C=C(/C=C\C=C/C)C1=CCCC=C1Nc1ccccc1.CC.CNc1ccccc1C.Cc1ccc(N)cc1. The molecule has 0 spiro atoms. The molecular formula is C53H64N4. The summed E-state index contributed by atoms with van der Waals surface area (Å²) in [7, 11) is 1.93. The Hall–Kier alpha value is -6.52. The van der Waals surface area contributed by atoms with Gasteiger partial charge in [0.2, 0.25) is 0 Å². The van der Waals surface area contributed by atoms with E-state index in [1.54, 1.807) is 6.20 Å². The van der Waals surface area contributed by atoms with Crippen molar-refractivity contribution in [3.8, 4) is 11.1 Å². The van der Waals surface area contributed by atoms with Crippen LogP contribution in [0.5, 0.6) is 0 Å². The molecule has 5 aromatic rings. The zero-order chi connectivity index (χ0) is 41.7. The summed E-state index contributed by atoms with van der Waals surface area (Å²) in [6.07, 6.45) is 20.2. The second kappa shape index (κ2) is 28.0. The van der Waals surface area contributed by atoms with Crippen LogP contribution in [0.1, 0.15) is 57.2 Å². The molecule has 0 aromatic heterocycles. The lowest BCUT2D eigenvalue weighted by molar-refractivity contribution is 0.999. The van der Waals surface area contributed by atoms with Crippen LogP contribution in [-0.4, -0.2) is 7.05 Å². The predicted octanol–water partition coefficient (Wildman–Crippen LogP) is 14.3. The smallest absolute Gasteiger partial charge is 0.0420 e. The number of nitrogens with two attached hydrogens (primary N) is 2. The Bertz CT molecular complexity index is 2040. The number of hydrogen-bond acceptors (Lipinski definition) is 4. The molecule has 57 heavy (non-hydrogen) atoms. The van der Waals surface area contributed by atoms with Crippen LogP contribution in [0.15, 0.2) is 212 Å². The predicted molar refractivity (Wildman–Crippen MR) is 255 cm³/mol. The number of rotatable bonds is 9. The molecule has 0 saturated carbocycles. The van der Waals surface area contributed by atoms with Gasteiger partial charge in [-0.3, -0.25) is 0 Å². The first-order chi connectivity index (χ1) is 27.7. The van der Waals surface area contributed by atoms with E-state index in [1.807, 2.05) is 126 Å².